The second-order valence-corrected chi connectivity index (χ2v) is 3.92. The van der Waals surface area contributed by atoms with Crippen molar-refractivity contribution in [2.24, 2.45) is 0 Å². The highest BCUT2D eigenvalue weighted by molar-refractivity contribution is 5.65. The van der Waals surface area contributed by atoms with Crippen molar-refractivity contribution >= 4 is 5.97 Å². The Morgan fingerprint density at radius 3 is 2.17 bits per heavy atom. The first-order valence-electron chi connectivity index (χ1n) is 5.99. The van der Waals surface area contributed by atoms with E-state index in [-0.39, 0.29) is 5.97 Å². The van der Waals surface area contributed by atoms with Crippen LogP contribution >= 0.6 is 0 Å². The third kappa shape index (κ3) is 3.65. The molecule has 0 spiro atoms. The Morgan fingerprint density at radius 2 is 1.67 bits per heavy atom. The summed E-state index contributed by atoms with van der Waals surface area (Å²) in [5.41, 5.74) is 2.08. The van der Waals surface area contributed by atoms with Gasteiger partial charge >= 0.3 is 5.97 Å². The lowest BCUT2D eigenvalue weighted by molar-refractivity contribution is -0.140. The lowest BCUT2D eigenvalue weighted by Gasteiger charge is -2.14. The molecule has 0 amide bonds. The highest BCUT2D eigenvalue weighted by Crippen LogP contribution is 2.29. The Bertz CT molecular complexity index is 413. The number of carbonyl (C=O) groups is 1. The highest BCUT2D eigenvalue weighted by Gasteiger charge is 2.10. The lowest BCUT2D eigenvalue weighted by Crippen LogP contribution is -2.05. The number of esters is 1. The standard InChI is InChI=1S/C14H20O4/c1-5-11-8-14(17-4)12(9-13(11)16-3)6-7-18-10(2)15/h8-9H,5-7H2,1-4H3. The number of rotatable bonds is 6. The van der Waals surface area contributed by atoms with Crippen LogP contribution in [0.3, 0.4) is 0 Å². The summed E-state index contributed by atoms with van der Waals surface area (Å²) < 4.78 is 15.6. The van der Waals surface area contributed by atoms with E-state index in [1.54, 1.807) is 14.2 Å². The van der Waals surface area contributed by atoms with E-state index in [4.69, 9.17) is 14.2 Å². The molecular formula is C14H20O4. The van der Waals surface area contributed by atoms with Crippen LogP contribution in [0, 0.1) is 0 Å². The second kappa shape index (κ2) is 6.89. The minimum atomic E-state index is -0.272. The third-order valence-electron chi connectivity index (χ3n) is 2.74. The van der Waals surface area contributed by atoms with Gasteiger partial charge in [-0.15, -0.1) is 0 Å². The molecule has 0 radical (unpaired) electrons. The van der Waals surface area contributed by atoms with E-state index in [0.29, 0.717) is 13.0 Å². The van der Waals surface area contributed by atoms with Crippen LogP contribution in [0.25, 0.3) is 0 Å². The van der Waals surface area contributed by atoms with Gasteiger partial charge in [-0.25, -0.2) is 0 Å². The van der Waals surface area contributed by atoms with Crippen molar-refractivity contribution in [3.05, 3.63) is 23.3 Å². The van der Waals surface area contributed by atoms with E-state index in [1.165, 1.54) is 6.92 Å². The molecule has 18 heavy (non-hydrogen) atoms. The maximum atomic E-state index is 10.7. The van der Waals surface area contributed by atoms with E-state index < -0.39 is 0 Å². The quantitative estimate of drug-likeness (QED) is 0.729. The molecule has 0 heterocycles. The fraction of sp³-hybridized carbons (Fsp3) is 0.500. The van der Waals surface area contributed by atoms with Crippen molar-refractivity contribution in [3.8, 4) is 11.5 Å². The largest absolute Gasteiger partial charge is 0.496 e. The van der Waals surface area contributed by atoms with Crippen molar-refractivity contribution in [3.63, 3.8) is 0 Å². The van der Waals surface area contributed by atoms with Gasteiger partial charge in [0.1, 0.15) is 11.5 Å². The number of carbonyl (C=O) groups excluding carboxylic acids is 1. The molecule has 1 aromatic carbocycles. The Balaban J connectivity index is 2.91. The van der Waals surface area contributed by atoms with Crippen molar-refractivity contribution < 1.29 is 19.0 Å². The Hall–Kier alpha value is -1.71. The minimum absolute atomic E-state index is 0.272. The number of hydrogen-bond donors (Lipinski definition) is 0. The van der Waals surface area contributed by atoms with Crippen molar-refractivity contribution in [1.82, 2.24) is 0 Å². The molecule has 0 saturated heterocycles. The van der Waals surface area contributed by atoms with Crippen LogP contribution in [0.4, 0.5) is 0 Å². The molecule has 0 fully saturated rings. The van der Waals surface area contributed by atoms with Crippen LogP contribution in [0.1, 0.15) is 25.0 Å². The molecule has 0 unspecified atom stereocenters. The molecule has 0 aliphatic rings. The molecule has 0 N–H and O–H groups in total. The topological polar surface area (TPSA) is 44.8 Å². The normalized spacial score (nSPS) is 10.0. The number of ether oxygens (including phenoxy) is 3. The van der Waals surface area contributed by atoms with Gasteiger partial charge < -0.3 is 14.2 Å². The SMILES string of the molecule is CCc1cc(OC)c(CCOC(C)=O)cc1OC. The summed E-state index contributed by atoms with van der Waals surface area (Å²) in [5.74, 6) is 1.38. The van der Waals surface area contributed by atoms with Gasteiger partial charge in [0.25, 0.3) is 0 Å². The Kier molecular flexibility index (Phi) is 5.49. The predicted octanol–water partition coefficient (Wildman–Crippen LogP) is 2.37. The van der Waals surface area contributed by atoms with E-state index >= 15 is 0 Å². The van der Waals surface area contributed by atoms with Crippen LogP contribution in [0.2, 0.25) is 0 Å². The summed E-state index contributed by atoms with van der Waals surface area (Å²) in [6.45, 7) is 3.81. The molecule has 100 valence electrons. The van der Waals surface area contributed by atoms with Crippen LogP contribution in [0.15, 0.2) is 12.1 Å². The van der Waals surface area contributed by atoms with Crippen LogP contribution in [0.5, 0.6) is 11.5 Å². The summed E-state index contributed by atoms with van der Waals surface area (Å²) in [7, 11) is 3.29. The highest BCUT2D eigenvalue weighted by atomic mass is 16.5. The van der Waals surface area contributed by atoms with E-state index in [9.17, 15) is 4.79 Å². The third-order valence-corrected chi connectivity index (χ3v) is 2.74. The van der Waals surface area contributed by atoms with E-state index in [2.05, 4.69) is 6.92 Å². The fourth-order valence-electron chi connectivity index (χ4n) is 1.80. The molecule has 1 rings (SSSR count). The first kappa shape index (κ1) is 14.4. The smallest absolute Gasteiger partial charge is 0.302 e. The predicted molar refractivity (Wildman–Crippen MR) is 69.3 cm³/mol. The summed E-state index contributed by atoms with van der Waals surface area (Å²) in [6.07, 6.45) is 1.49. The first-order chi connectivity index (χ1) is 8.62. The van der Waals surface area contributed by atoms with Gasteiger partial charge in [0.05, 0.1) is 20.8 Å². The number of methoxy groups -OCH3 is 2. The van der Waals surface area contributed by atoms with E-state index in [0.717, 1.165) is 29.0 Å². The molecule has 0 bridgehead atoms. The van der Waals surface area contributed by atoms with Gasteiger partial charge in [0.15, 0.2) is 0 Å². The fourth-order valence-corrected chi connectivity index (χ4v) is 1.80. The average Bonchev–Trinajstić information content (AvgIpc) is 2.37. The van der Waals surface area contributed by atoms with Crippen LogP contribution < -0.4 is 9.47 Å². The van der Waals surface area contributed by atoms with Gasteiger partial charge in [-0.1, -0.05) is 6.92 Å². The van der Waals surface area contributed by atoms with Gasteiger partial charge in [-0.3, -0.25) is 4.79 Å². The maximum Gasteiger partial charge on any atom is 0.302 e. The van der Waals surface area contributed by atoms with Crippen LogP contribution in [-0.4, -0.2) is 26.8 Å². The van der Waals surface area contributed by atoms with E-state index in [1.807, 2.05) is 12.1 Å². The van der Waals surface area contributed by atoms with Crippen molar-refractivity contribution in [2.45, 2.75) is 26.7 Å². The number of aryl methyl sites for hydroxylation is 1. The molecule has 4 heteroatoms. The summed E-state index contributed by atoms with van der Waals surface area (Å²) in [6, 6.07) is 3.92. The number of benzene rings is 1. The van der Waals surface area contributed by atoms with Crippen molar-refractivity contribution in [2.75, 3.05) is 20.8 Å². The van der Waals surface area contributed by atoms with Gasteiger partial charge in [-0.05, 0) is 24.1 Å². The molecule has 0 aliphatic carbocycles. The van der Waals surface area contributed by atoms with Gasteiger partial charge in [-0.2, -0.15) is 0 Å². The maximum absolute atomic E-state index is 10.7. The Morgan fingerprint density at radius 1 is 1.11 bits per heavy atom. The molecule has 0 aromatic heterocycles. The zero-order valence-corrected chi connectivity index (χ0v) is 11.4. The van der Waals surface area contributed by atoms with Crippen molar-refractivity contribution in [1.29, 1.82) is 0 Å². The molecule has 0 saturated carbocycles. The lowest BCUT2D eigenvalue weighted by atomic mass is 10.0. The summed E-state index contributed by atoms with van der Waals surface area (Å²) >= 11 is 0. The van der Waals surface area contributed by atoms with Gasteiger partial charge in [0.2, 0.25) is 0 Å². The molecule has 0 atom stereocenters. The minimum Gasteiger partial charge on any atom is -0.496 e. The second-order valence-electron chi connectivity index (χ2n) is 3.92. The zero-order chi connectivity index (χ0) is 13.5. The average molecular weight is 252 g/mol. The Labute approximate surface area is 108 Å². The molecular weight excluding hydrogens is 232 g/mol. The summed E-state index contributed by atoms with van der Waals surface area (Å²) in [4.78, 5) is 10.7. The zero-order valence-electron chi connectivity index (χ0n) is 11.4. The summed E-state index contributed by atoms with van der Waals surface area (Å²) in [5, 5.41) is 0. The first-order valence-corrected chi connectivity index (χ1v) is 5.99. The van der Waals surface area contributed by atoms with Crippen LogP contribution in [-0.2, 0) is 22.4 Å². The molecule has 1 aromatic rings. The molecule has 0 aliphatic heterocycles. The monoisotopic (exact) mass is 252 g/mol. The molecule has 4 nitrogen and oxygen atoms in total. The van der Waals surface area contributed by atoms with Gasteiger partial charge in [0, 0.05) is 18.9 Å². The number of hydrogen-bond acceptors (Lipinski definition) is 4.